The van der Waals surface area contributed by atoms with Crippen molar-refractivity contribution in [2.24, 2.45) is 0 Å². The van der Waals surface area contributed by atoms with Crippen LogP contribution >= 0.6 is 0 Å². The van der Waals surface area contributed by atoms with E-state index in [1.807, 2.05) is 6.92 Å². The summed E-state index contributed by atoms with van der Waals surface area (Å²) >= 11 is 0. The zero-order valence-electron chi connectivity index (χ0n) is 11.5. The molecule has 0 aliphatic rings. The van der Waals surface area contributed by atoms with Crippen LogP contribution in [0, 0.1) is 19.7 Å². The van der Waals surface area contributed by atoms with Crippen LogP contribution in [0.5, 0.6) is 0 Å². The largest absolute Gasteiger partial charge is 0.358 e. The van der Waals surface area contributed by atoms with Crippen LogP contribution in [0.2, 0.25) is 0 Å². The zero-order chi connectivity index (χ0) is 13.3. The molecule has 1 atom stereocenters. The van der Waals surface area contributed by atoms with Gasteiger partial charge in [0.05, 0.1) is 0 Å². The van der Waals surface area contributed by atoms with Gasteiger partial charge < -0.3 is 10.3 Å². The van der Waals surface area contributed by atoms with Gasteiger partial charge in [0.15, 0.2) is 0 Å². The van der Waals surface area contributed by atoms with Gasteiger partial charge in [0.1, 0.15) is 5.82 Å². The first-order valence-electron chi connectivity index (χ1n) is 6.56. The standard InChI is InChI=1S/C15H21FN2/c1-5-6-17-10(3)14-11(4)18-15-9(2)7-12(16)8-13(14)15/h7-8,10,17-18H,5-6H2,1-4H3. The summed E-state index contributed by atoms with van der Waals surface area (Å²) in [5.41, 5.74) is 4.31. The minimum Gasteiger partial charge on any atom is -0.358 e. The lowest BCUT2D eigenvalue weighted by Gasteiger charge is -2.14. The molecule has 2 rings (SSSR count). The van der Waals surface area contributed by atoms with Crippen molar-refractivity contribution in [1.29, 1.82) is 0 Å². The third kappa shape index (κ3) is 2.27. The van der Waals surface area contributed by atoms with Gasteiger partial charge in [-0.05, 0) is 57.0 Å². The molecule has 0 bridgehead atoms. The third-order valence-corrected chi connectivity index (χ3v) is 3.44. The Kier molecular flexibility index (Phi) is 3.71. The zero-order valence-corrected chi connectivity index (χ0v) is 11.5. The number of halogens is 1. The molecule has 2 nitrogen and oxygen atoms in total. The molecule has 0 amide bonds. The van der Waals surface area contributed by atoms with E-state index in [0.29, 0.717) is 0 Å². The number of benzene rings is 1. The molecule has 1 aromatic carbocycles. The number of H-pyrrole nitrogens is 1. The Morgan fingerprint density at radius 3 is 2.72 bits per heavy atom. The number of hydrogen-bond acceptors (Lipinski definition) is 1. The number of rotatable bonds is 4. The maximum absolute atomic E-state index is 13.6. The van der Waals surface area contributed by atoms with E-state index in [-0.39, 0.29) is 11.9 Å². The summed E-state index contributed by atoms with van der Waals surface area (Å²) in [4.78, 5) is 3.37. The minimum atomic E-state index is -0.164. The first-order chi connectivity index (χ1) is 8.54. The van der Waals surface area contributed by atoms with Gasteiger partial charge in [-0.2, -0.15) is 0 Å². The predicted octanol–water partition coefficient (Wildman–Crippen LogP) is 3.98. The first-order valence-corrected chi connectivity index (χ1v) is 6.56. The molecular weight excluding hydrogens is 227 g/mol. The Bertz CT molecular complexity index is 557. The molecule has 0 spiro atoms. The maximum Gasteiger partial charge on any atom is 0.124 e. The molecule has 1 heterocycles. The molecule has 2 aromatic rings. The van der Waals surface area contributed by atoms with Gasteiger partial charge in [0.25, 0.3) is 0 Å². The fourth-order valence-corrected chi connectivity index (χ4v) is 2.60. The Balaban J connectivity index is 2.52. The van der Waals surface area contributed by atoms with E-state index in [2.05, 4.69) is 31.1 Å². The van der Waals surface area contributed by atoms with Crippen molar-refractivity contribution in [3.63, 3.8) is 0 Å². The summed E-state index contributed by atoms with van der Waals surface area (Å²) < 4.78 is 13.6. The van der Waals surface area contributed by atoms with E-state index in [0.717, 1.165) is 35.1 Å². The fourth-order valence-electron chi connectivity index (χ4n) is 2.60. The minimum absolute atomic E-state index is 0.164. The lowest BCUT2D eigenvalue weighted by atomic mass is 10.0. The average Bonchev–Trinajstić information content (AvgIpc) is 2.63. The molecule has 0 saturated heterocycles. The number of aromatic nitrogens is 1. The van der Waals surface area contributed by atoms with Gasteiger partial charge in [0, 0.05) is 22.6 Å². The van der Waals surface area contributed by atoms with E-state index >= 15 is 0 Å². The van der Waals surface area contributed by atoms with E-state index in [9.17, 15) is 4.39 Å². The Morgan fingerprint density at radius 1 is 1.33 bits per heavy atom. The van der Waals surface area contributed by atoms with Crippen LogP contribution in [-0.4, -0.2) is 11.5 Å². The summed E-state index contributed by atoms with van der Waals surface area (Å²) in [5.74, 6) is -0.164. The molecule has 0 fully saturated rings. The fraction of sp³-hybridized carbons (Fsp3) is 0.467. The Hall–Kier alpha value is -1.35. The van der Waals surface area contributed by atoms with Crippen LogP contribution in [0.25, 0.3) is 10.9 Å². The molecule has 0 aliphatic carbocycles. The lowest BCUT2D eigenvalue weighted by molar-refractivity contribution is 0.571. The van der Waals surface area contributed by atoms with Crippen molar-refractivity contribution in [3.8, 4) is 0 Å². The summed E-state index contributed by atoms with van der Waals surface area (Å²) in [6.45, 7) is 9.24. The number of hydrogen-bond donors (Lipinski definition) is 2. The highest BCUT2D eigenvalue weighted by Gasteiger charge is 2.16. The van der Waals surface area contributed by atoms with Crippen LogP contribution in [-0.2, 0) is 0 Å². The van der Waals surface area contributed by atoms with Gasteiger partial charge in [0.2, 0.25) is 0 Å². The SMILES string of the molecule is CCCNC(C)c1c(C)[nH]c2c(C)cc(F)cc12. The molecule has 0 radical (unpaired) electrons. The van der Waals surface area contributed by atoms with E-state index in [1.165, 1.54) is 5.56 Å². The first kappa shape index (κ1) is 13.1. The molecule has 2 N–H and O–H groups in total. The van der Waals surface area contributed by atoms with Gasteiger partial charge in [-0.25, -0.2) is 4.39 Å². The van der Waals surface area contributed by atoms with Gasteiger partial charge in [-0.1, -0.05) is 6.92 Å². The van der Waals surface area contributed by atoms with Crippen LogP contribution in [0.15, 0.2) is 12.1 Å². The monoisotopic (exact) mass is 248 g/mol. The van der Waals surface area contributed by atoms with Gasteiger partial charge >= 0.3 is 0 Å². The maximum atomic E-state index is 13.6. The van der Waals surface area contributed by atoms with Crippen LogP contribution in [0.3, 0.4) is 0 Å². The summed E-state index contributed by atoms with van der Waals surface area (Å²) in [7, 11) is 0. The molecular formula is C15H21FN2. The molecule has 0 saturated carbocycles. The van der Waals surface area contributed by atoms with Crippen molar-refractivity contribution in [2.75, 3.05) is 6.54 Å². The second kappa shape index (κ2) is 5.11. The molecule has 0 aliphatic heterocycles. The van der Waals surface area contributed by atoms with E-state index in [4.69, 9.17) is 0 Å². The number of fused-ring (bicyclic) bond motifs is 1. The van der Waals surface area contributed by atoms with Crippen molar-refractivity contribution in [1.82, 2.24) is 10.3 Å². The predicted molar refractivity (Wildman–Crippen MR) is 74.4 cm³/mol. The van der Waals surface area contributed by atoms with Gasteiger partial charge in [-0.3, -0.25) is 0 Å². The normalized spacial score (nSPS) is 13.2. The van der Waals surface area contributed by atoms with Crippen molar-refractivity contribution in [2.45, 2.75) is 40.2 Å². The highest BCUT2D eigenvalue weighted by Crippen LogP contribution is 2.30. The summed E-state index contributed by atoms with van der Waals surface area (Å²) in [6.07, 6.45) is 1.10. The topological polar surface area (TPSA) is 27.8 Å². The van der Waals surface area contributed by atoms with Crippen LogP contribution in [0.4, 0.5) is 4.39 Å². The van der Waals surface area contributed by atoms with Crippen molar-refractivity contribution < 1.29 is 4.39 Å². The van der Waals surface area contributed by atoms with Gasteiger partial charge in [-0.15, -0.1) is 0 Å². The summed E-state index contributed by atoms with van der Waals surface area (Å²) in [6, 6.07) is 3.44. The number of aromatic amines is 1. The highest BCUT2D eigenvalue weighted by atomic mass is 19.1. The van der Waals surface area contributed by atoms with Crippen LogP contribution < -0.4 is 5.32 Å². The van der Waals surface area contributed by atoms with Crippen molar-refractivity contribution in [3.05, 3.63) is 34.8 Å². The Morgan fingerprint density at radius 2 is 2.06 bits per heavy atom. The molecule has 98 valence electrons. The van der Waals surface area contributed by atoms with Crippen molar-refractivity contribution >= 4 is 10.9 Å². The number of aryl methyl sites for hydroxylation is 2. The van der Waals surface area contributed by atoms with Crippen LogP contribution in [0.1, 0.15) is 43.1 Å². The highest BCUT2D eigenvalue weighted by molar-refractivity contribution is 5.87. The van der Waals surface area contributed by atoms with E-state index < -0.39 is 0 Å². The molecule has 18 heavy (non-hydrogen) atoms. The second-order valence-electron chi connectivity index (χ2n) is 4.98. The third-order valence-electron chi connectivity index (χ3n) is 3.44. The number of nitrogens with one attached hydrogen (secondary N) is 2. The molecule has 3 heteroatoms. The lowest BCUT2D eigenvalue weighted by Crippen LogP contribution is -2.19. The quantitative estimate of drug-likeness (QED) is 0.841. The summed E-state index contributed by atoms with van der Waals surface area (Å²) in [5, 5.41) is 4.47. The smallest absolute Gasteiger partial charge is 0.124 e. The second-order valence-corrected chi connectivity index (χ2v) is 4.98. The molecule has 1 unspecified atom stereocenters. The average molecular weight is 248 g/mol. The Labute approximate surface area is 108 Å². The molecule has 1 aromatic heterocycles. The van der Waals surface area contributed by atoms with E-state index in [1.54, 1.807) is 12.1 Å².